The van der Waals surface area contributed by atoms with Crippen molar-refractivity contribution in [2.24, 2.45) is 11.3 Å². The number of fused-ring (bicyclic) bond motifs is 1. The Kier molecular flexibility index (Phi) is 4.49. The number of carboxylic acids is 1. The Morgan fingerprint density at radius 1 is 1.64 bits per heavy atom. The van der Waals surface area contributed by atoms with Crippen LogP contribution in [0.2, 0.25) is 0 Å². The molecule has 2 fully saturated rings. The number of hydrogen-bond acceptors (Lipinski definition) is 4. The Morgan fingerprint density at radius 3 is 3.23 bits per heavy atom. The number of aromatic amines is 1. The molecule has 3 heterocycles. The first-order valence-corrected chi connectivity index (χ1v) is 8.20. The van der Waals surface area contributed by atoms with Crippen LogP contribution in [-0.4, -0.2) is 52.2 Å². The van der Waals surface area contributed by atoms with Crippen molar-refractivity contribution in [2.45, 2.75) is 39.2 Å². The van der Waals surface area contributed by atoms with Gasteiger partial charge in [0.05, 0.1) is 12.0 Å². The largest absolute Gasteiger partial charge is 0.481 e. The number of aliphatic carboxylic acids is 1. The maximum atomic E-state index is 11.8. The number of hydrogen-bond donors (Lipinski definition) is 2. The zero-order valence-corrected chi connectivity index (χ0v) is 13.2. The van der Waals surface area contributed by atoms with Crippen LogP contribution < -0.4 is 0 Å². The molecule has 2 aliphatic heterocycles. The number of aromatic nitrogens is 2. The summed E-state index contributed by atoms with van der Waals surface area (Å²) in [7, 11) is 0. The predicted molar refractivity (Wildman–Crippen MR) is 81.5 cm³/mol. The van der Waals surface area contributed by atoms with Crippen molar-refractivity contribution in [1.82, 2.24) is 14.9 Å². The quantitative estimate of drug-likeness (QED) is 0.836. The van der Waals surface area contributed by atoms with E-state index < -0.39 is 11.4 Å². The molecular weight excluding hydrogens is 282 g/mol. The number of unbranched alkanes of at least 4 members (excludes halogenated alkanes) is 1. The summed E-state index contributed by atoms with van der Waals surface area (Å²) in [5.41, 5.74) is 0.453. The molecule has 2 N–H and O–H groups in total. The third-order valence-electron chi connectivity index (χ3n) is 5.05. The minimum Gasteiger partial charge on any atom is -0.481 e. The fourth-order valence-corrected chi connectivity index (χ4v) is 3.72. The van der Waals surface area contributed by atoms with E-state index in [-0.39, 0.29) is 5.92 Å². The number of likely N-dealkylation sites (tertiary alicyclic amines) is 1. The van der Waals surface area contributed by atoms with E-state index in [0.29, 0.717) is 26.2 Å². The summed E-state index contributed by atoms with van der Waals surface area (Å²) in [6, 6.07) is 0. The zero-order valence-electron chi connectivity index (χ0n) is 13.2. The smallest absolute Gasteiger partial charge is 0.311 e. The van der Waals surface area contributed by atoms with Crippen LogP contribution in [0.1, 0.15) is 37.7 Å². The van der Waals surface area contributed by atoms with Crippen LogP contribution in [0.3, 0.4) is 0 Å². The second kappa shape index (κ2) is 6.38. The summed E-state index contributed by atoms with van der Waals surface area (Å²) >= 11 is 0. The maximum Gasteiger partial charge on any atom is 0.311 e. The second-order valence-corrected chi connectivity index (χ2v) is 6.61. The van der Waals surface area contributed by atoms with Crippen LogP contribution >= 0.6 is 0 Å². The first-order valence-electron chi connectivity index (χ1n) is 8.20. The van der Waals surface area contributed by atoms with Gasteiger partial charge in [-0.05, 0) is 12.8 Å². The molecule has 122 valence electrons. The lowest BCUT2D eigenvalue weighted by Gasteiger charge is -2.34. The van der Waals surface area contributed by atoms with E-state index >= 15 is 0 Å². The second-order valence-electron chi connectivity index (χ2n) is 6.61. The molecule has 0 aromatic carbocycles. The van der Waals surface area contributed by atoms with Crippen molar-refractivity contribution in [3.05, 3.63) is 17.7 Å². The minimum absolute atomic E-state index is 0.0984. The van der Waals surface area contributed by atoms with E-state index in [1.807, 2.05) is 6.20 Å². The Morgan fingerprint density at radius 2 is 2.50 bits per heavy atom. The van der Waals surface area contributed by atoms with Gasteiger partial charge in [0, 0.05) is 50.5 Å². The summed E-state index contributed by atoms with van der Waals surface area (Å²) in [5, 5.41) is 9.68. The summed E-state index contributed by atoms with van der Waals surface area (Å²) in [6.07, 6.45) is 5.78. The molecule has 0 amide bonds. The molecule has 22 heavy (non-hydrogen) atoms. The van der Waals surface area contributed by atoms with Crippen LogP contribution in [0.15, 0.2) is 6.20 Å². The minimum atomic E-state index is -0.670. The molecule has 1 aromatic heterocycles. The SMILES string of the molecule is CCCCc1ncc(CN2C[C@@H]3COCC[C@]3(C(=O)O)C2)[nH]1. The highest BCUT2D eigenvalue weighted by Gasteiger charge is 2.53. The van der Waals surface area contributed by atoms with Gasteiger partial charge in [-0.1, -0.05) is 13.3 Å². The lowest BCUT2D eigenvalue weighted by atomic mass is 9.74. The highest BCUT2D eigenvalue weighted by molar-refractivity contribution is 5.76. The molecule has 0 radical (unpaired) electrons. The number of carbonyl (C=O) groups is 1. The average molecular weight is 307 g/mol. The fourth-order valence-electron chi connectivity index (χ4n) is 3.72. The predicted octanol–water partition coefficient (Wildman–Crippen LogP) is 1.68. The first kappa shape index (κ1) is 15.5. The molecule has 2 aliphatic rings. The molecule has 6 nitrogen and oxygen atoms in total. The number of rotatable bonds is 6. The molecular formula is C16H25N3O3. The number of H-pyrrole nitrogens is 1. The molecule has 0 aliphatic carbocycles. The lowest BCUT2D eigenvalue weighted by Crippen LogP contribution is -2.44. The van der Waals surface area contributed by atoms with E-state index in [9.17, 15) is 9.90 Å². The Bertz CT molecular complexity index is 530. The van der Waals surface area contributed by atoms with E-state index in [4.69, 9.17) is 4.74 Å². The van der Waals surface area contributed by atoms with Crippen molar-refractivity contribution in [3.63, 3.8) is 0 Å². The van der Waals surface area contributed by atoms with Crippen LogP contribution in [-0.2, 0) is 22.5 Å². The Hall–Kier alpha value is -1.40. The topological polar surface area (TPSA) is 78.5 Å². The highest BCUT2D eigenvalue weighted by Crippen LogP contribution is 2.42. The van der Waals surface area contributed by atoms with Crippen molar-refractivity contribution < 1.29 is 14.6 Å². The summed E-state index contributed by atoms with van der Waals surface area (Å²) in [5.74, 6) is 0.461. The Balaban J connectivity index is 1.64. The van der Waals surface area contributed by atoms with Crippen molar-refractivity contribution in [3.8, 4) is 0 Å². The molecule has 2 saturated heterocycles. The molecule has 0 bridgehead atoms. The lowest BCUT2D eigenvalue weighted by molar-refractivity contribution is -0.157. The van der Waals surface area contributed by atoms with Gasteiger partial charge in [0.2, 0.25) is 0 Å². The van der Waals surface area contributed by atoms with E-state index in [2.05, 4.69) is 21.8 Å². The van der Waals surface area contributed by atoms with Gasteiger partial charge in [0.25, 0.3) is 0 Å². The van der Waals surface area contributed by atoms with Crippen LogP contribution in [0.25, 0.3) is 0 Å². The molecule has 0 saturated carbocycles. The summed E-state index contributed by atoms with van der Waals surface area (Å²) in [6.45, 7) is 5.43. The normalized spacial score (nSPS) is 28.7. The van der Waals surface area contributed by atoms with Gasteiger partial charge in [-0.3, -0.25) is 9.69 Å². The third kappa shape index (κ3) is 2.90. The van der Waals surface area contributed by atoms with Gasteiger partial charge in [-0.25, -0.2) is 4.98 Å². The molecule has 3 rings (SSSR count). The Labute approximate surface area is 130 Å². The first-order chi connectivity index (χ1) is 10.6. The number of ether oxygens (including phenoxy) is 1. The number of nitrogens with one attached hydrogen (secondary N) is 1. The van der Waals surface area contributed by atoms with Gasteiger partial charge in [0.15, 0.2) is 0 Å². The highest BCUT2D eigenvalue weighted by atomic mass is 16.5. The van der Waals surface area contributed by atoms with Crippen LogP contribution in [0.5, 0.6) is 0 Å². The molecule has 1 aromatic rings. The number of carboxylic acid groups (broad SMARTS) is 1. The summed E-state index contributed by atoms with van der Waals surface area (Å²) < 4.78 is 5.50. The zero-order chi connectivity index (χ0) is 15.6. The molecule has 2 atom stereocenters. The fraction of sp³-hybridized carbons (Fsp3) is 0.750. The van der Waals surface area contributed by atoms with Gasteiger partial charge >= 0.3 is 5.97 Å². The molecule has 0 unspecified atom stereocenters. The van der Waals surface area contributed by atoms with E-state index in [1.54, 1.807) is 0 Å². The van der Waals surface area contributed by atoms with Crippen LogP contribution in [0, 0.1) is 11.3 Å². The molecule has 0 spiro atoms. The average Bonchev–Trinajstić information content (AvgIpc) is 3.09. The van der Waals surface area contributed by atoms with Crippen LogP contribution in [0.4, 0.5) is 0 Å². The third-order valence-corrected chi connectivity index (χ3v) is 5.05. The van der Waals surface area contributed by atoms with Crippen molar-refractivity contribution in [1.29, 1.82) is 0 Å². The van der Waals surface area contributed by atoms with Gasteiger partial charge < -0.3 is 14.8 Å². The molecule has 6 heteroatoms. The summed E-state index contributed by atoms with van der Waals surface area (Å²) in [4.78, 5) is 21.8. The van der Waals surface area contributed by atoms with Gasteiger partial charge in [0.1, 0.15) is 5.82 Å². The number of nitrogens with zero attached hydrogens (tertiary/aromatic N) is 2. The number of imidazole rings is 1. The maximum absolute atomic E-state index is 11.8. The van der Waals surface area contributed by atoms with Gasteiger partial charge in [-0.15, -0.1) is 0 Å². The van der Waals surface area contributed by atoms with Gasteiger partial charge in [-0.2, -0.15) is 0 Å². The standard InChI is InChI=1S/C16H25N3O3/c1-2-3-4-14-17-7-13(18-14)9-19-8-12-10-22-6-5-16(12,11-19)15(20)21/h7,12H,2-6,8-11H2,1H3,(H,17,18)(H,20,21)/t12-,16+/m1/s1. The van der Waals surface area contributed by atoms with Crippen molar-refractivity contribution >= 4 is 5.97 Å². The number of aryl methyl sites for hydroxylation is 1. The van der Waals surface area contributed by atoms with Crippen molar-refractivity contribution in [2.75, 3.05) is 26.3 Å². The monoisotopic (exact) mass is 307 g/mol. The van der Waals surface area contributed by atoms with E-state index in [0.717, 1.165) is 43.9 Å². The van der Waals surface area contributed by atoms with E-state index in [1.165, 1.54) is 0 Å².